The van der Waals surface area contributed by atoms with Crippen molar-refractivity contribution in [3.8, 4) is 0 Å². The highest BCUT2D eigenvalue weighted by atomic mass is 32.2. The lowest BCUT2D eigenvalue weighted by Crippen LogP contribution is -2.49. The van der Waals surface area contributed by atoms with Crippen molar-refractivity contribution in [3.05, 3.63) is 0 Å². The van der Waals surface area contributed by atoms with E-state index in [1.165, 1.54) is 0 Å². The summed E-state index contributed by atoms with van der Waals surface area (Å²) >= 11 is 0. The summed E-state index contributed by atoms with van der Waals surface area (Å²) in [7, 11) is -2.78. The highest BCUT2D eigenvalue weighted by Gasteiger charge is 2.28. The van der Waals surface area contributed by atoms with Crippen molar-refractivity contribution in [2.75, 3.05) is 31.1 Å². The Bertz CT molecular complexity index is 327. The van der Waals surface area contributed by atoms with E-state index in [9.17, 15) is 8.42 Å². The molecule has 0 radical (unpaired) electrons. The molecule has 4 nitrogen and oxygen atoms in total. The molecule has 0 saturated carbocycles. The number of nitrogens with one attached hydrogen (secondary N) is 1. The van der Waals surface area contributed by atoms with Crippen molar-refractivity contribution in [3.63, 3.8) is 0 Å². The van der Waals surface area contributed by atoms with Gasteiger partial charge in [0, 0.05) is 25.2 Å². The standard InChI is InChI=1S/C12H26N2O2S/c1-10(2)13-7-11(3)8-14-5-6-17(15,16)9-12(14)4/h10-13H,5-9H2,1-4H3. The Balaban J connectivity index is 2.37. The van der Waals surface area contributed by atoms with Gasteiger partial charge in [-0.05, 0) is 19.4 Å². The van der Waals surface area contributed by atoms with Crippen LogP contribution in [-0.2, 0) is 9.84 Å². The first-order chi connectivity index (χ1) is 7.80. The molecule has 1 aliphatic rings. The minimum atomic E-state index is -2.78. The lowest BCUT2D eigenvalue weighted by molar-refractivity contribution is 0.194. The molecule has 1 rings (SSSR count). The molecule has 2 atom stereocenters. The van der Waals surface area contributed by atoms with Crippen LogP contribution in [0, 0.1) is 5.92 Å². The van der Waals surface area contributed by atoms with Gasteiger partial charge in [-0.25, -0.2) is 8.42 Å². The predicted octanol–water partition coefficient (Wildman–Crippen LogP) is 0.739. The normalized spacial score (nSPS) is 27.2. The molecular formula is C12H26N2O2S. The maximum atomic E-state index is 11.5. The van der Waals surface area contributed by atoms with Gasteiger partial charge in [0.1, 0.15) is 0 Å². The molecule has 0 aliphatic carbocycles. The second-order valence-electron chi connectivity index (χ2n) is 5.63. The molecule has 5 heteroatoms. The van der Waals surface area contributed by atoms with Crippen molar-refractivity contribution in [1.82, 2.24) is 10.2 Å². The molecule has 0 spiro atoms. The summed E-state index contributed by atoms with van der Waals surface area (Å²) in [5.41, 5.74) is 0. The van der Waals surface area contributed by atoms with E-state index in [0.717, 1.165) is 13.1 Å². The highest BCUT2D eigenvalue weighted by Crippen LogP contribution is 2.13. The quantitative estimate of drug-likeness (QED) is 0.794. The van der Waals surface area contributed by atoms with E-state index >= 15 is 0 Å². The fourth-order valence-corrected chi connectivity index (χ4v) is 3.83. The van der Waals surface area contributed by atoms with Crippen molar-refractivity contribution in [1.29, 1.82) is 0 Å². The van der Waals surface area contributed by atoms with Gasteiger partial charge < -0.3 is 5.32 Å². The third-order valence-corrected chi connectivity index (χ3v) is 5.02. The van der Waals surface area contributed by atoms with Gasteiger partial charge in [0.05, 0.1) is 11.5 Å². The minimum Gasteiger partial charge on any atom is -0.314 e. The monoisotopic (exact) mass is 262 g/mol. The lowest BCUT2D eigenvalue weighted by Gasteiger charge is -2.35. The molecule has 1 heterocycles. The second-order valence-corrected chi connectivity index (χ2v) is 7.86. The van der Waals surface area contributed by atoms with Gasteiger partial charge >= 0.3 is 0 Å². The summed E-state index contributed by atoms with van der Waals surface area (Å²) in [4.78, 5) is 2.30. The van der Waals surface area contributed by atoms with Crippen molar-refractivity contribution < 1.29 is 8.42 Å². The molecule has 0 aromatic rings. The van der Waals surface area contributed by atoms with Gasteiger partial charge in [0.2, 0.25) is 0 Å². The third-order valence-electron chi connectivity index (χ3n) is 3.23. The zero-order valence-corrected chi connectivity index (χ0v) is 12.3. The molecule has 1 aliphatic heterocycles. The third kappa shape index (κ3) is 5.36. The van der Waals surface area contributed by atoms with Crippen LogP contribution in [0.1, 0.15) is 27.7 Å². The van der Waals surface area contributed by atoms with E-state index in [-0.39, 0.29) is 6.04 Å². The maximum absolute atomic E-state index is 11.5. The number of sulfone groups is 1. The van der Waals surface area contributed by atoms with E-state index in [1.54, 1.807) is 0 Å². The Morgan fingerprint density at radius 2 is 2.00 bits per heavy atom. The minimum absolute atomic E-state index is 0.162. The summed E-state index contributed by atoms with van der Waals surface area (Å²) < 4.78 is 22.9. The van der Waals surface area contributed by atoms with Crippen LogP contribution in [0.5, 0.6) is 0 Å². The van der Waals surface area contributed by atoms with E-state index in [0.29, 0.717) is 30.0 Å². The number of rotatable bonds is 5. The zero-order chi connectivity index (χ0) is 13.1. The van der Waals surface area contributed by atoms with Crippen molar-refractivity contribution in [2.45, 2.75) is 39.8 Å². The van der Waals surface area contributed by atoms with Crippen molar-refractivity contribution >= 4 is 9.84 Å². The molecule has 1 N–H and O–H groups in total. The van der Waals surface area contributed by atoms with Crippen LogP contribution < -0.4 is 5.32 Å². The van der Waals surface area contributed by atoms with Crippen LogP contribution in [0.4, 0.5) is 0 Å². The van der Waals surface area contributed by atoms with Gasteiger partial charge in [-0.2, -0.15) is 0 Å². The molecule has 1 fully saturated rings. The van der Waals surface area contributed by atoms with Gasteiger partial charge in [-0.3, -0.25) is 4.90 Å². The van der Waals surface area contributed by atoms with Crippen LogP contribution in [-0.4, -0.2) is 56.5 Å². The summed E-state index contributed by atoms with van der Waals surface area (Å²) in [5, 5.41) is 3.42. The van der Waals surface area contributed by atoms with Gasteiger partial charge in [0.15, 0.2) is 9.84 Å². The summed E-state index contributed by atoms with van der Waals surface area (Å²) in [6.45, 7) is 11.2. The predicted molar refractivity (Wildman–Crippen MR) is 72.0 cm³/mol. The van der Waals surface area contributed by atoms with Gasteiger partial charge in [0.25, 0.3) is 0 Å². The molecule has 17 heavy (non-hydrogen) atoms. The molecule has 2 unspecified atom stereocenters. The van der Waals surface area contributed by atoms with Crippen LogP contribution in [0.2, 0.25) is 0 Å². The Labute approximate surface area is 106 Å². The molecule has 0 aromatic heterocycles. The topological polar surface area (TPSA) is 49.4 Å². The van der Waals surface area contributed by atoms with E-state index in [1.807, 2.05) is 6.92 Å². The van der Waals surface area contributed by atoms with E-state index in [2.05, 4.69) is 31.0 Å². The van der Waals surface area contributed by atoms with E-state index < -0.39 is 9.84 Å². The fraction of sp³-hybridized carbons (Fsp3) is 1.00. The molecule has 0 bridgehead atoms. The fourth-order valence-electron chi connectivity index (χ4n) is 2.21. The Hall–Kier alpha value is -0.130. The second kappa shape index (κ2) is 6.16. The lowest BCUT2D eigenvalue weighted by atomic mass is 10.1. The highest BCUT2D eigenvalue weighted by molar-refractivity contribution is 7.91. The number of hydrogen-bond acceptors (Lipinski definition) is 4. The maximum Gasteiger partial charge on any atom is 0.153 e. The van der Waals surface area contributed by atoms with Crippen LogP contribution in [0.25, 0.3) is 0 Å². The molecular weight excluding hydrogens is 236 g/mol. The summed E-state index contributed by atoms with van der Waals surface area (Å²) in [5.74, 6) is 1.19. The van der Waals surface area contributed by atoms with Crippen molar-refractivity contribution in [2.24, 2.45) is 5.92 Å². The van der Waals surface area contributed by atoms with Crippen LogP contribution in [0.3, 0.4) is 0 Å². The SMILES string of the molecule is CC(CNC(C)C)CN1CCS(=O)(=O)CC1C. The summed E-state index contributed by atoms with van der Waals surface area (Å²) in [6.07, 6.45) is 0. The first-order valence-corrected chi connectivity index (χ1v) is 8.30. The smallest absolute Gasteiger partial charge is 0.153 e. The van der Waals surface area contributed by atoms with Crippen LogP contribution in [0.15, 0.2) is 0 Å². The first-order valence-electron chi connectivity index (χ1n) is 6.48. The Kier molecular flexibility index (Phi) is 5.41. The average Bonchev–Trinajstić information content (AvgIpc) is 2.18. The average molecular weight is 262 g/mol. The Morgan fingerprint density at radius 1 is 1.35 bits per heavy atom. The van der Waals surface area contributed by atoms with E-state index in [4.69, 9.17) is 0 Å². The number of nitrogens with zero attached hydrogens (tertiary/aromatic N) is 1. The largest absolute Gasteiger partial charge is 0.314 e. The van der Waals surface area contributed by atoms with Gasteiger partial charge in [-0.1, -0.05) is 20.8 Å². The Morgan fingerprint density at radius 3 is 2.53 bits per heavy atom. The molecule has 102 valence electrons. The van der Waals surface area contributed by atoms with Gasteiger partial charge in [-0.15, -0.1) is 0 Å². The molecule has 0 amide bonds. The van der Waals surface area contributed by atoms with Crippen LogP contribution >= 0.6 is 0 Å². The molecule has 1 saturated heterocycles. The number of hydrogen-bond donors (Lipinski definition) is 1. The first kappa shape index (κ1) is 14.9. The molecule has 0 aromatic carbocycles. The zero-order valence-electron chi connectivity index (χ0n) is 11.4. The summed E-state index contributed by atoms with van der Waals surface area (Å²) in [6, 6.07) is 0.673.